The zero-order chi connectivity index (χ0) is 18.8. The molecule has 1 rings (SSSR count). The van der Waals surface area contributed by atoms with Gasteiger partial charge in [-0.05, 0) is 18.6 Å². The lowest BCUT2D eigenvalue weighted by atomic mass is 10.1. The van der Waals surface area contributed by atoms with Crippen molar-refractivity contribution >= 4 is 11.8 Å². The number of carbonyl (C=O) groups excluding carboxylic acids is 2. The Bertz CT molecular complexity index is 565. The first-order valence-corrected chi connectivity index (χ1v) is 7.79. The van der Waals surface area contributed by atoms with Crippen LogP contribution in [0.5, 0.6) is 17.2 Å². The van der Waals surface area contributed by atoms with E-state index in [0.29, 0.717) is 42.4 Å². The Labute approximate surface area is 148 Å². The molecule has 1 aromatic rings. The van der Waals surface area contributed by atoms with E-state index in [4.69, 9.17) is 18.9 Å². The molecular formula is C17H26N2O6. The summed E-state index contributed by atoms with van der Waals surface area (Å²) in [6, 6.07) is 3.10. The van der Waals surface area contributed by atoms with Gasteiger partial charge in [-0.3, -0.25) is 9.59 Å². The molecule has 25 heavy (non-hydrogen) atoms. The van der Waals surface area contributed by atoms with Crippen molar-refractivity contribution in [3.8, 4) is 17.2 Å². The van der Waals surface area contributed by atoms with E-state index in [1.807, 2.05) is 0 Å². The average Bonchev–Trinajstić information content (AvgIpc) is 2.63. The molecule has 0 fully saturated rings. The van der Waals surface area contributed by atoms with Gasteiger partial charge in [0, 0.05) is 32.9 Å². The molecule has 0 saturated carbocycles. The largest absolute Gasteiger partial charge is 0.493 e. The zero-order valence-electron chi connectivity index (χ0n) is 15.4. The van der Waals surface area contributed by atoms with E-state index < -0.39 is 0 Å². The number of benzene rings is 1. The van der Waals surface area contributed by atoms with Gasteiger partial charge in [0.25, 0.3) is 5.91 Å². The Kier molecular flexibility index (Phi) is 8.55. The molecule has 0 radical (unpaired) electrons. The molecule has 8 heteroatoms. The SMILES string of the molecule is COCCCNC(=O)CN(C)C(=O)c1cc(OC)c(OC)c(OC)c1. The van der Waals surface area contributed by atoms with Crippen molar-refractivity contribution in [2.45, 2.75) is 6.42 Å². The number of ether oxygens (including phenoxy) is 4. The van der Waals surface area contributed by atoms with Gasteiger partial charge in [-0.2, -0.15) is 0 Å². The van der Waals surface area contributed by atoms with Crippen molar-refractivity contribution < 1.29 is 28.5 Å². The van der Waals surface area contributed by atoms with Crippen LogP contribution in [-0.4, -0.2) is 71.9 Å². The van der Waals surface area contributed by atoms with Crippen LogP contribution in [0.25, 0.3) is 0 Å². The van der Waals surface area contributed by atoms with Crippen LogP contribution < -0.4 is 19.5 Å². The van der Waals surface area contributed by atoms with Gasteiger partial charge in [0.2, 0.25) is 11.7 Å². The summed E-state index contributed by atoms with van der Waals surface area (Å²) in [5.41, 5.74) is 0.337. The third-order valence-corrected chi connectivity index (χ3v) is 3.49. The minimum atomic E-state index is -0.328. The molecule has 1 aromatic carbocycles. The maximum Gasteiger partial charge on any atom is 0.254 e. The van der Waals surface area contributed by atoms with Gasteiger partial charge >= 0.3 is 0 Å². The highest BCUT2D eigenvalue weighted by Crippen LogP contribution is 2.38. The molecule has 0 atom stereocenters. The molecule has 1 N–H and O–H groups in total. The van der Waals surface area contributed by atoms with Gasteiger partial charge < -0.3 is 29.2 Å². The summed E-state index contributed by atoms with van der Waals surface area (Å²) in [7, 11) is 7.60. The monoisotopic (exact) mass is 354 g/mol. The molecule has 0 saturated heterocycles. The lowest BCUT2D eigenvalue weighted by Gasteiger charge is -2.19. The number of likely N-dealkylation sites (N-methyl/N-ethyl adjacent to an activating group) is 1. The Balaban J connectivity index is 2.79. The first-order valence-electron chi connectivity index (χ1n) is 7.79. The summed E-state index contributed by atoms with van der Waals surface area (Å²) >= 11 is 0. The molecule has 0 aliphatic rings. The smallest absolute Gasteiger partial charge is 0.254 e. The van der Waals surface area contributed by atoms with E-state index >= 15 is 0 Å². The summed E-state index contributed by atoms with van der Waals surface area (Å²) in [6.07, 6.45) is 0.715. The number of hydrogen-bond acceptors (Lipinski definition) is 6. The Morgan fingerprint density at radius 2 is 1.64 bits per heavy atom. The number of methoxy groups -OCH3 is 4. The quantitative estimate of drug-likeness (QED) is 0.629. The highest BCUT2D eigenvalue weighted by Gasteiger charge is 2.20. The van der Waals surface area contributed by atoms with E-state index in [1.54, 1.807) is 26.3 Å². The summed E-state index contributed by atoms with van der Waals surface area (Å²) in [5.74, 6) is 0.594. The van der Waals surface area contributed by atoms with Gasteiger partial charge in [-0.25, -0.2) is 0 Å². The molecule has 0 bridgehead atoms. The topological polar surface area (TPSA) is 86.3 Å². The average molecular weight is 354 g/mol. The maximum absolute atomic E-state index is 12.6. The minimum Gasteiger partial charge on any atom is -0.493 e. The fourth-order valence-electron chi connectivity index (χ4n) is 2.21. The van der Waals surface area contributed by atoms with Gasteiger partial charge in [0.1, 0.15) is 0 Å². The van der Waals surface area contributed by atoms with Crippen LogP contribution in [0.2, 0.25) is 0 Å². The van der Waals surface area contributed by atoms with Crippen LogP contribution in [0.1, 0.15) is 16.8 Å². The van der Waals surface area contributed by atoms with E-state index in [9.17, 15) is 9.59 Å². The lowest BCUT2D eigenvalue weighted by molar-refractivity contribution is -0.121. The van der Waals surface area contributed by atoms with Gasteiger partial charge in [0.15, 0.2) is 11.5 Å². The van der Waals surface area contributed by atoms with Gasteiger partial charge in [-0.1, -0.05) is 0 Å². The van der Waals surface area contributed by atoms with E-state index in [1.165, 1.54) is 26.2 Å². The summed E-state index contributed by atoms with van der Waals surface area (Å²) in [5, 5.41) is 2.74. The Morgan fingerprint density at radius 3 is 2.12 bits per heavy atom. The van der Waals surface area contributed by atoms with Crippen LogP contribution >= 0.6 is 0 Å². The van der Waals surface area contributed by atoms with Crippen molar-refractivity contribution in [3.05, 3.63) is 17.7 Å². The molecule has 0 aliphatic heterocycles. The van der Waals surface area contributed by atoms with Crippen LogP contribution in [0, 0.1) is 0 Å². The van der Waals surface area contributed by atoms with E-state index in [2.05, 4.69) is 5.32 Å². The van der Waals surface area contributed by atoms with Gasteiger partial charge in [0.05, 0.1) is 27.9 Å². The highest BCUT2D eigenvalue weighted by atomic mass is 16.5. The molecule has 0 aliphatic carbocycles. The zero-order valence-corrected chi connectivity index (χ0v) is 15.4. The van der Waals surface area contributed by atoms with Crippen molar-refractivity contribution in [2.75, 3.05) is 55.2 Å². The van der Waals surface area contributed by atoms with Crippen LogP contribution in [-0.2, 0) is 9.53 Å². The van der Waals surface area contributed by atoms with Crippen molar-refractivity contribution in [1.82, 2.24) is 10.2 Å². The van der Waals surface area contributed by atoms with Crippen LogP contribution in [0.3, 0.4) is 0 Å². The van der Waals surface area contributed by atoms with Crippen molar-refractivity contribution in [1.29, 1.82) is 0 Å². The number of nitrogens with one attached hydrogen (secondary N) is 1. The lowest BCUT2D eigenvalue weighted by Crippen LogP contribution is -2.38. The van der Waals surface area contributed by atoms with E-state index in [0.717, 1.165) is 0 Å². The fourth-order valence-corrected chi connectivity index (χ4v) is 2.21. The molecule has 2 amide bonds. The van der Waals surface area contributed by atoms with Crippen LogP contribution in [0.4, 0.5) is 0 Å². The molecule has 0 unspecified atom stereocenters. The molecule has 0 aromatic heterocycles. The molecule has 8 nitrogen and oxygen atoms in total. The van der Waals surface area contributed by atoms with Gasteiger partial charge in [-0.15, -0.1) is 0 Å². The van der Waals surface area contributed by atoms with Crippen molar-refractivity contribution in [3.63, 3.8) is 0 Å². The second-order valence-electron chi connectivity index (χ2n) is 5.27. The predicted molar refractivity (Wildman–Crippen MR) is 92.6 cm³/mol. The van der Waals surface area contributed by atoms with Crippen LogP contribution in [0.15, 0.2) is 12.1 Å². The first-order chi connectivity index (χ1) is 12.0. The minimum absolute atomic E-state index is 0.0531. The summed E-state index contributed by atoms with van der Waals surface area (Å²) in [4.78, 5) is 25.8. The number of nitrogens with zero attached hydrogens (tertiary/aromatic N) is 1. The van der Waals surface area contributed by atoms with E-state index in [-0.39, 0.29) is 18.4 Å². The highest BCUT2D eigenvalue weighted by molar-refractivity contribution is 5.97. The third-order valence-electron chi connectivity index (χ3n) is 3.49. The van der Waals surface area contributed by atoms with Crippen molar-refractivity contribution in [2.24, 2.45) is 0 Å². The third kappa shape index (κ3) is 5.82. The number of carbonyl (C=O) groups is 2. The predicted octanol–water partition coefficient (Wildman–Crippen LogP) is 0.937. The summed E-state index contributed by atoms with van der Waals surface area (Å²) in [6.45, 7) is 1.02. The first kappa shape index (κ1) is 20.6. The normalized spacial score (nSPS) is 10.1. The number of hydrogen-bond donors (Lipinski definition) is 1. The number of rotatable bonds is 10. The molecule has 0 spiro atoms. The standard InChI is InChI=1S/C17H26N2O6/c1-19(11-15(20)18-7-6-8-22-2)17(21)12-9-13(23-3)16(25-5)14(10-12)24-4/h9-10H,6-8,11H2,1-5H3,(H,18,20). The number of amides is 2. The maximum atomic E-state index is 12.6. The fraction of sp³-hybridized carbons (Fsp3) is 0.529. The Hall–Kier alpha value is -2.48. The molecule has 0 heterocycles. The second-order valence-corrected chi connectivity index (χ2v) is 5.27. The Morgan fingerprint density at radius 1 is 1.04 bits per heavy atom. The second kappa shape index (κ2) is 10.4. The molecular weight excluding hydrogens is 328 g/mol. The molecule has 140 valence electrons. The summed E-state index contributed by atoms with van der Waals surface area (Å²) < 4.78 is 20.6.